The molecule has 16 heavy (non-hydrogen) atoms. The van der Waals surface area contributed by atoms with E-state index < -0.39 is 11.9 Å². The average Bonchev–Trinajstić information content (AvgIpc) is 2.57. The zero-order valence-corrected chi connectivity index (χ0v) is 9.55. The highest BCUT2D eigenvalue weighted by Gasteiger charge is 2.27. The van der Waals surface area contributed by atoms with Crippen LogP contribution in [0.3, 0.4) is 0 Å². The molecule has 0 saturated heterocycles. The third-order valence-corrected chi connectivity index (χ3v) is 3.42. The van der Waals surface area contributed by atoms with Gasteiger partial charge in [0, 0.05) is 17.9 Å². The first kappa shape index (κ1) is 11.2. The Bertz CT molecular complexity index is 409. The van der Waals surface area contributed by atoms with Crippen molar-refractivity contribution in [3.63, 3.8) is 0 Å². The molecule has 1 aromatic rings. The maximum Gasteiger partial charge on any atom is 0.312 e. The lowest BCUT2D eigenvalue weighted by molar-refractivity contribution is -0.138. The van der Waals surface area contributed by atoms with Gasteiger partial charge in [-0.05, 0) is 43.7 Å². The molecule has 0 fully saturated rings. The molecule has 88 valence electrons. The van der Waals surface area contributed by atoms with E-state index in [-0.39, 0.29) is 6.54 Å². The summed E-state index contributed by atoms with van der Waals surface area (Å²) in [6.45, 7) is 2.11. The summed E-state index contributed by atoms with van der Waals surface area (Å²) in [6.07, 6.45) is 4.35. The van der Waals surface area contributed by atoms with Crippen molar-refractivity contribution in [2.45, 2.75) is 38.5 Å². The van der Waals surface area contributed by atoms with E-state index in [1.807, 2.05) is 6.92 Å². The quantitative estimate of drug-likeness (QED) is 0.721. The van der Waals surface area contributed by atoms with E-state index in [2.05, 4.69) is 4.98 Å². The molecular weight excluding hydrogens is 204 g/mol. The number of aromatic amines is 1. The van der Waals surface area contributed by atoms with Crippen molar-refractivity contribution in [2.75, 3.05) is 6.54 Å². The molecule has 0 aliphatic heterocycles. The number of nitrogens with one attached hydrogen (secondary N) is 1. The zero-order chi connectivity index (χ0) is 11.7. The third-order valence-electron chi connectivity index (χ3n) is 3.42. The second-order valence-corrected chi connectivity index (χ2v) is 4.45. The van der Waals surface area contributed by atoms with E-state index in [0.717, 1.165) is 30.5 Å². The normalized spacial score (nSPS) is 16.9. The van der Waals surface area contributed by atoms with Crippen LogP contribution < -0.4 is 5.73 Å². The number of aliphatic carboxylic acids is 1. The third kappa shape index (κ3) is 1.73. The van der Waals surface area contributed by atoms with Gasteiger partial charge in [-0.2, -0.15) is 0 Å². The molecule has 0 radical (unpaired) electrons. The molecular formula is C12H18N2O2. The molecule has 0 aromatic carbocycles. The van der Waals surface area contributed by atoms with Gasteiger partial charge in [0.15, 0.2) is 0 Å². The van der Waals surface area contributed by atoms with Crippen molar-refractivity contribution in [1.29, 1.82) is 0 Å². The van der Waals surface area contributed by atoms with E-state index in [4.69, 9.17) is 5.73 Å². The number of nitrogens with two attached hydrogens (primary N) is 1. The predicted octanol–water partition coefficient (Wildman–Crippen LogP) is 1.33. The summed E-state index contributed by atoms with van der Waals surface area (Å²) in [5.41, 5.74) is 9.91. The summed E-state index contributed by atoms with van der Waals surface area (Å²) in [7, 11) is 0. The highest BCUT2D eigenvalue weighted by atomic mass is 16.4. The molecule has 0 bridgehead atoms. The molecule has 2 rings (SSSR count). The summed E-state index contributed by atoms with van der Waals surface area (Å²) in [4.78, 5) is 14.5. The topological polar surface area (TPSA) is 79.1 Å². The van der Waals surface area contributed by atoms with Crippen molar-refractivity contribution in [2.24, 2.45) is 5.73 Å². The first-order valence-electron chi connectivity index (χ1n) is 5.78. The fraction of sp³-hybridized carbons (Fsp3) is 0.583. The number of carbonyl (C=O) groups is 1. The molecule has 1 aliphatic rings. The highest BCUT2D eigenvalue weighted by molar-refractivity contribution is 5.77. The van der Waals surface area contributed by atoms with Crippen LogP contribution in [0, 0.1) is 6.92 Å². The molecule has 4 nitrogen and oxygen atoms in total. The number of carboxylic acid groups (broad SMARTS) is 1. The standard InChI is InChI=1S/C12H18N2O2/c1-7-11(9(6-13)12(15)16)8-4-2-3-5-10(8)14-7/h9,14H,2-6,13H2,1H3,(H,15,16). The van der Waals surface area contributed by atoms with Gasteiger partial charge < -0.3 is 15.8 Å². The predicted molar refractivity (Wildman–Crippen MR) is 61.6 cm³/mol. The van der Waals surface area contributed by atoms with Crippen molar-refractivity contribution < 1.29 is 9.90 Å². The number of H-pyrrole nitrogens is 1. The maximum absolute atomic E-state index is 11.2. The molecule has 4 N–H and O–H groups in total. The summed E-state index contributed by atoms with van der Waals surface area (Å²) in [6, 6.07) is 0. The van der Waals surface area contributed by atoms with Crippen LogP contribution in [0.4, 0.5) is 0 Å². The number of carboxylic acids is 1. The van der Waals surface area contributed by atoms with Crippen LogP contribution in [0.15, 0.2) is 0 Å². The Hall–Kier alpha value is -1.29. The van der Waals surface area contributed by atoms with Crippen LogP contribution >= 0.6 is 0 Å². The molecule has 4 heteroatoms. The van der Waals surface area contributed by atoms with Gasteiger partial charge in [-0.1, -0.05) is 0 Å². The molecule has 1 unspecified atom stereocenters. The SMILES string of the molecule is Cc1[nH]c2c(c1C(CN)C(=O)O)CCCC2. The van der Waals surface area contributed by atoms with Crippen molar-refractivity contribution in [3.05, 3.63) is 22.5 Å². The summed E-state index contributed by atoms with van der Waals surface area (Å²) in [5, 5.41) is 9.18. The van der Waals surface area contributed by atoms with Crippen LogP contribution in [-0.4, -0.2) is 22.6 Å². The minimum absolute atomic E-state index is 0.167. The number of rotatable bonds is 3. The van der Waals surface area contributed by atoms with Crippen LogP contribution in [-0.2, 0) is 17.6 Å². The molecule has 1 heterocycles. The van der Waals surface area contributed by atoms with E-state index in [1.165, 1.54) is 17.7 Å². The second kappa shape index (κ2) is 4.29. The number of fused-ring (bicyclic) bond motifs is 1. The summed E-state index contributed by atoms with van der Waals surface area (Å²) >= 11 is 0. The average molecular weight is 222 g/mol. The molecule has 0 spiro atoms. The number of hydrogen-bond donors (Lipinski definition) is 3. The smallest absolute Gasteiger partial charge is 0.312 e. The van der Waals surface area contributed by atoms with Gasteiger partial charge in [-0.25, -0.2) is 0 Å². The largest absolute Gasteiger partial charge is 0.481 e. The van der Waals surface area contributed by atoms with Crippen LogP contribution in [0.1, 0.15) is 41.3 Å². The Morgan fingerprint density at radius 2 is 2.19 bits per heavy atom. The van der Waals surface area contributed by atoms with Gasteiger partial charge in [0.1, 0.15) is 0 Å². The van der Waals surface area contributed by atoms with Crippen molar-refractivity contribution in [1.82, 2.24) is 4.98 Å². The van der Waals surface area contributed by atoms with E-state index in [0.29, 0.717) is 0 Å². The van der Waals surface area contributed by atoms with Gasteiger partial charge in [-0.3, -0.25) is 4.79 Å². The lowest BCUT2D eigenvalue weighted by Gasteiger charge is -2.16. The van der Waals surface area contributed by atoms with Gasteiger partial charge in [0.05, 0.1) is 5.92 Å². The number of aryl methyl sites for hydroxylation is 2. The van der Waals surface area contributed by atoms with Crippen molar-refractivity contribution >= 4 is 5.97 Å². The monoisotopic (exact) mass is 222 g/mol. The van der Waals surface area contributed by atoms with Gasteiger partial charge in [0.25, 0.3) is 0 Å². The first-order valence-corrected chi connectivity index (χ1v) is 5.78. The molecule has 0 saturated carbocycles. The van der Waals surface area contributed by atoms with E-state index >= 15 is 0 Å². The Kier molecular flexibility index (Phi) is 3.01. The van der Waals surface area contributed by atoms with Crippen molar-refractivity contribution in [3.8, 4) is 0 Å². The lowest BCUT2D eigenvalue weighted by Crippen LogP contribution is -2.23. The lowest BCUT2D eigenvalue weighted by atomic mass is 9.88. The van der Waals surface area contributed by atoms with Gasteiger partial charge in [-0.15, -0.1) is 0 Å². The van der Waals surface area contributed by atoms with Crippen LogP contribution in [0.2, 0.25) is 0 Å². The highest BCUT2D eigenvalue weighted by Crippen LogP contribution is 2.31. The molecule has 0 amide bonds. The van der Waals surface area contributed by atoms with Crippen LogP contribution in [0.5, 0.6) is 0 Å². The molecule has 1 aromatic heterocycles. The van der Waals surface area contributed by atoms with Gasteiger partial charge in [0.2, 0.25) is 0 Å². The first-order chi connectivity index (χ1) is 7.65. The fourth-order valence-electron chi connectivity index (χ4n) is 2.67. The Morgan fingerprint density at radius 1 is 1.50 bits per heavy atom. The van der Waals surface area contributed by atoms with Crippen LogP contribution in [0.25, 0.3) is 0 Å². The van der Waals surface area contributed by atoms with Gasteiger partial charge >= 0.3 is 5.97 Å². The Labute approximate surface area is 94.8 Å². The zero-order valence-electron chi connectivity index (χ0n) is 9.55. The molecule has 1 aliphatic carbocycles. The number of hydrogen-bond acceptors (Lipinski definition) is 2. The fourth-order valence-corrected chi connectivity index (χ4v) is 2.67. The Balaban J connectivity index is 2.46. The molecule has 1 atom stereocenters. The maximum atomic E-state index is 11.2. The second-order valence-electron chi connectivity index (χ2n) is 4.45. The number of aromatic nitrogens is 1. The Morgan fingerprint density at radius 3 is 2.81 bits per heavy atom. The minimum atomic E-state index is -0.821. The van der Waals surface area contributed by atoms with E-state index in [9.17, 15) is 9.90 Å². The minimum Gasteiger partial charge on any atom is -0.481 e. The summed E-state index contributed by atoms with van der Waals surface area (Å²) < 4.78 is 0. The summed E-state index contributed by atoms with van der Waals surface area (Å²) in [5.74, 6) is -1.38. The van der Waals surface area contributed by atoms with E-state index in [1.54, 1.807) is 0 Å².